The van der Waals surface area contributed by atoms with Gasteiger partial charge in [-0.2, -0.15) is 0 Å². The zero-order valence-electron chi connectivity index (χ0n) is 23.2. The van der Waals surface area contributed by atoms with Gasteiger partial charge in [0.15, 0.2) is 5.11 Å². The quantitative estimate of drug-likeness (QED) is 0.267. The average molecular weight is 538 g/mol. The maximum absolute atomic E-state index is 13.0. The van der Waals surface area contributed by atoms with Crippen LogP contribution >= 0.6 is 12.2 Å². The minimum atomic E-state index is -0.134. The number of thiocarbonyl (C=S) groups is 1. The first-order valence-corrected chi connectivity index (χ1v) is 13.8. The van der Waals surface area contributed by atoms with Crippen molar-refractivity contribution >= 4 is 28.9 Å². The fraction of sp³-hybridized carbons (Fsp3) is 0.281. The highest BCUT2D eigenvalue weighted by Crippen LogP contribution is 2.41. The van der Waals surface area contributed by atoms with E-state index in [2.05, 4.69) is 77.0 Å². The molecule has 0 bridgehead atoms. The molecule has 200 valence electrons. The highest BCUT2D eigenvalue weighted by Gasteiger charge is 2.41. The van der Waals surface area contributed by atoms with Crippen LogP contribution in [0.2, 0.25) is 0 Å². The third kappa shape index (κ3) is 5.19. The molecule has 1 saturated heterocycles. The van der Waals surface area contributed by atoms with Gasteiger partial charge in [-0.15, -0.1) is 0 Å². The van der Waals surface area contributed by atoms with Gasteiger partial charge in [-0.25, -0.2) is 0 Å². The minimum absolute atomic E-state index is 0.0343. The maximum Gasteiger partial charge on any atom is 0.226 e. The molecule has 0 unspecified atom stereocenters. The number of nitrogens with one attached hydrogen (secondary N) is 2. The number of aryl methyl sites for hydroxylation is 3. The molecule has 1 aliphatic heterocycles. The predicted octanol–water partition coefficient (Wildman–Crippen LogP) is 6.42. The fourth-order valence-electron chi connectivity index (χ4n) is 5.57. The molecule has 5 rings (SSSR count). The van der Waals surface area contributed by atoms with Crippen LogP contribution in [0.5, 0.6) is 0 Å². The number of benzene rings is 2. The van der Waals surface area contributed by atoms with Crippen molar-refractivity contribution in [2.24, 2.45) is 0 Å². The lowest BCUT2D eigenvalue weighted by atomic mass is 9.96. The van der Waals surface area contributed by atoms with E-state index >= 15 is 0 Å². The topological polar surface area (TPSA) is 62.2 Å². The average Bonchev–Trinajstić information content (AvgIpc) is 3.40. The second-order valence-corrected chi connectivity index (χ2v) is 10.7. The number of hydrogen-bond donors (Lipinski definition) is 2. The summed E-state index contributed by atoms with van der Waals surface area (Å²) < 4.78 is 2.33. The molecule has 6 nitrogen and oxygen atoms in total. The van der Waals surface area contributed by atoms with E-state index in [4.69, 9.17) is 12.2 Å². The van der Waals surface area contributed by atoms with E-state index in [1.807, 2.05) is 55.6 Å². The number of aromatic nitrogens is 2. The lowest BCUT2D eigenvalue weighted by Crippen LogP contribution is -2.33. The molecule has 2 aromatic carbocycles. The predicted molar refractivity (Wildman–Crippen MR) is 161 cm³/mol. The highest BCUT2D eigenvalue weighted by molar-refractivity contribution is 7.80. The van der Waals surface area contributed by atoms with Crippen molar-refractivity contribution in [1.29, 1.82) is 0 Å². The third-order valence-corrected chi connectivity index (χ3v) is 8.15. The molecule has 2 aromatic heterocycles. The summed E-state index contributed by atoms with van der Waals surface area (Å²) in [6.07, 6.45) is 2.13. The second-order valence-electron chi connectivity index (χ2n) is 10.3. The first-order valence-electron chi connectivity index (χ1n) is 13.3. The Balaban J connectivity index is 1.50. The number of rotatable bonds is 7. The Morgan fingerprint density at radius 3 is 2.46 bits per heavy atom. The standard InChI is InChI=1S/C32H35N5OS/c1-20-12-10-15-28(23(20)4)37-22(3)19-25(24(37)5)31-30(27-14-8-9-17-33-27)35-32(39)36(31)18-16-29(38)34-26-13-7-6-11-21(26)2/h6-15,17,19,30-31H,16,18H2,1-5H3,(H,34,38)(H,35,39)/t30-,31-/m0/s1. The molecule has 0 radical (unpaired) electrons. The number of anilines is 1. The molecule has 2 atom stereocenters. The molecule has 0 aliphatic carbocycles. The Bertz CT molecular complexity index is 1530. The van der Waals surface area contributed by atoms with Crippen molar-refractivity contribution < 1.29 is 4.79 Å². The smallest absolute Gasteiger partial charge is 0.226 e. The summed E-state index contributed by atoms with van der Waals surface area (Å²) >= 11 is 5.86. The van der Waals surface area contributed by atoms with Crippen LogP contribution in [-0.2, 0) is 4.79 Å². The Kier molecular flexibility index (Phi) is 7.53. The molecule has 0 saturated carbocycles. The van der Waals surface area contributed by atoms with E-state index in [0.29, 0.717) is 18.1 Å². The maximum atomic E-state index is 13.0. The van der Waals surface area contributed by atoms with Crippen LogP contribution in [0.15, 0.2) is 72.9 Å². The Labute approximate surface area is 236 Å². The van der Waals surface area contributed by atoms with E-state index in [9.17, 15) is 4.79 Å². The molecule has 2 N–H and O–H groups in total. The van der Waals surface area contributed by atoms with E-state index in [-0.39, 0.29) is 18.0 Å². The zero-order valence-corrected chi connectivity index (χ0v) is 24.0. The van der Waals surface area contributed by atoms with Crippen LogP contribution in [0.4, 0.5) is 5.69 Å². The summed E-state index contributed by atoms with van der Waals surface area (Å²) in [5, 5.41) is 7.21. The normalized spacial score (nSPS) is 16.8. The third-order valence-electron chi connectivity index (χ3n) is 7.80. The molecule has 0 spiro atoms. The van der Waals surface area contributed by atoms with Crippen LogP contribution in [0.25, 0.3) is 5.69 Å². The number of pyridine rings is 1. The van der Waals surface area contributed by atoms with Crippen molar-refractivity contribution in [1.82, 2.24) is 19.8 Å². The number of para-hydroxylation sites is 1. The van der Waals surface area contributed by atoms with Gasteiger partial charge in [0, 0.05) is 41.9 Å². The largest absolute Gasteiger partial charge is 0.352 e. The van der Waals surface area contributed by atoms with Gasteiger partial charge in [0.1, 0.15) is 0 Å². The van der Waals surface area contributed by atoms with Gasteiger partial charge in [-0.05, 0) is 99.4 Å². The number of carbonyl (C=O) groups excluding carboxylic acids is 1. The van der Waals surface area contributed by atoms with Gasteiger partial charge in [0.05, 0.1) is 17.8 Å². The molecular weight excluding hydrogens is 502 g/mol. The molecule has 1 aliphatic rings. The molecule has 39 heavy (non-hydrogen) atoms. The molecule has 7 heteroatoms. The van der Waals surface area contributed by atoms with Crippen LogP contribution in [-0.4, -0.2) is 32.0 Å². The Morgan fingerprint density at radius 2 is 1.72 bits per heavy atom. The van der Waals surface area contributed by atoms with Gasteiger partial charge in [0.2, 0.25) is 5.91 Å². The van der Waals surface area contributed by atoms with Gasteiger partial charge in [-0.3, -0.25) is 9.78 Å². The fourth-order valence-corrected chi connectivity index (χ4v) is 5.90. The zero-order chi connectivity index (χ0) is 27.7. The number of nitrogens with zero attached hydrogens (tertiary/aromatic N) is 3. The molecule has 1 amide bonds. The lowest BCUT2D eigenvalue weighted by Gasteiger charge is -2.28. The number of hydrogen-bond acceptors (Lipinski definition) is 3. The minimum Gasteiger partial charge on any atom is -0.352 e. The molecule has 1 fully saturated rings. The van der Waals surface area contributed by atoms with E-state index in [0.717, 1.165) is 28.3 Å². The summed E-state index contributed by atoms with van der Waals surface area (Å²) in [5.41, 5.74) is 10.0. The van der Waals surface area contributed by atoms with E-state index in [1.54, 1.807) is 0 Å². The Morgan fingerprint density at radius 1 is 0.974 bits per heavy atom. The van der Waals surface area contributed by atoms with Gasteiger partial charge in [0.25, 0.3) is 0 Å². The van der Waals surface area contributed by atoms with Crippen LogP contribution in [0.1, 0.15) is 57.8 Å². The van der Waals surface area contributed by atoms with E-state index in [1.165, 1.54) is 22.4 Å². The summed E-state index contributed by atoms with van der Waals surface area (Å²) in [7, 11) is 0. The monoisotopic (exact) mass is 537 g/mol. The summed E-state index contributed by atoms with van der Waals surface area (Å²) in [6, 6.07) is 22.2. The van der Waals surface area contributed by atoms with Crippen molar-refractivity contribution in [2.75, 3.05) is 11.9 Å². The molecule has 4 aromatic rings. The van der Waals surface area contributed by atoms with Crippen LogP contribution < -0.4 is 10.6 Å². The van der Waals surface area contributed by atoms with Crippen molar-refractivity contribution in [3.8, 4) is 5.69 Å². The highest BCUT2D eigenvalue weighted by atomic mass is 32.1. The first-order chi connectivity index (χ1) is 18.8. The molecular formula is C32H35N5OS. The van der Waals surface area contributed by atoms with Crippen molar-refractivity contribution in [3.63, 3.8) is 0 Å². The van der Waals surface area contributed by atoms with Crippen LogP contribution in [0, 0.1) is 34.6 Å². The number of amides is 1. The van der Waals surface area contributed by atoms with Gasteiger partial charge >= 0.3 is 0 Å². The van der Waals surface area contributed by atoms with Gasteiger partial charge < -0.3 is 20.1 Å². The van der Waals surface area contributed by atoms with Crippen molar-refractivity contribution in [3.05, 3.63) is 112 Å². The first kappa shape index (κ1) is 26.6. The number of carbonyl (C=O) groups is 1. The Hall–Kier alpha value is -3.97. The molecule has 3 heterocycles. The van der Waals surface area contributed by atoms with E-state index < -0.39 is 0 Å². The summed E-state index contributed by atoms with van der Waals surface area (Å²) in [4.78, 5) is 19.8. The van der Waals surface area contributed by atoms with Crippen molar-refractivity contribution in [2.45, 2.75) is 53.1 Å². The van der Waals surface area contributed by atoms with Gasteiger partial charge in [-0.1, -0.05) is 36.4 Å². The summed E-state index contributed by atoms with van der Waals surface area (Å²) in [5.74, 6) is -0.0343. The second kappa shape index (κ2) is 11.0. The summed E-state index contributed by atoms with van der Waals surface area (Å²) in [6.45, 7) is 11.1. The van der Waals surface area contributed by atoms with Crippen LogP contribution in [0.3, 0.4) is 0 Å². The SMILES string of the molecule is Cc1ccccc1NC(=O)CCN1C(=S)N[C@@H](c2ccccn2)[C@@H]1c1cc(C)n(-c2cccc(C)c2C)c1C. The lowest BCUT2D eigenvalue weighted by molar-refractivity contribution is -0.116.